The van der Waals surface area contributed by atoms with Crippen LogP contribution in [0.4, 0.5) is 5.69 Å². The van der Waals surface area contributed by atoms with Crippen LogP contribution in [0.25, 0.3) is 11.0 Å². The summed E-state index contributed by atoms with van der Waals surface area (Å²) in [6.45, 7) is 4.34. The second-order valence-electron chi connectivity index (χ2n) is 7.27. The van der Waals surface area contributed by atoms with Crippen LogP contribution < -0.4 is 5.32 Å². The third-order valence-electron chi connectivity index (χ3n) is 5.28. The average Bonchev–Trinajstić information content (AvgIpc) is 3.08. The summed E-state index contributed by atoms with van der Waals surface area (Å²) in [6, 6.07) is 12.6. The Hall–Kier alpha value is -2.54. The van der Waals surface area contributed by atoms with E-state index in [9.17, 15) is 9.59 Å². The van der Waals surface area contributed by atoms with Gasteiger partial charge in [-0.1, -0.05) is 47.5 Å². The van der Waals surface area contributed by atoms with E-state index in [0.717, 1.165) is 10.9 Å². The summed E-state index contributed by atoms with van der Waals surface area (Å²) in [7, 11) is 0. The maximum absolute atomic E-state index is 13.0. The molecule has 0 bridgehead atoms. The summed E-state index contributed by atoms with van der Waals surface area (Å²) in [5.41, 5.74) is 1.92. The molecule has 3 aromatic rings. The largest absolute Gasteiger partial charge is 0.449 e. The van der Waals surface area contributed by atoms with Crippen LogP contribution >= 0.6 is 23.2 Å². The third kappa shape index (κ3) is 4.17. The van der Waals surface area contributed by atoms with Crippen LogP contribution in [-0.4, -0.2) is 54.3 Å². The van der Waals surface area contributed by atoms with Crippen LogP contribution in [0.15, 0.2) is 46.9 Å². The van der Waals surface area contributed by atoms with Gasteiger partial charge in [-0.3, -0.25) is 14.5 Å². The highest BCUT2D eigenvalue weighted by molar-refractivity contribution is 6.35. The first kappa shape index (κ1) is 20.7. The molecule has 0 atom stereocenters. The number of para-hydroxylation sites is 2. The lowest BCUT2D eigenvalue weighted by Crippen LogP contribution is -2.50. The first-order chi connectivity index (χ1) is 14.4. The van der Waals surface area contributed by atoms with Crippen LogP contribution in [-0.2, 0) is 4.79 Å². The van der Waals surface area contributed by atoms with Crippen molar-refractivity contribution < 1.29 is 14.0 Å². The number of halogens is 2. The van der Waals surface area contributed by atoms with Crippen molar-refractivity contribution >= 4 is 51.7 Å². The fraction of sp³-hybridized carbons (Fsp3) is 0.273. The van der Waals surface area contributed by atoms with Gasteiger partial charge in [-0.15, -0.1) is 0 Å². The van der Waals surface area contributed by atoms with Gasteiger partial charge in [0.15, 0.2) is 11.3 Å². The molecule has 0 spiro atoms. The number of piperazine rings is 1. The number of aryl methyl sites for hydroxylation is 1. The fourth-order valence-electron chi connectivity index (χ4n) is 3.62. The van der Waals surface area contributed by atoms with Crippen LogP contribution in [0, 0.1) is 6.92 Å². The first-order valence-electron chi connectivity index (χ1n) is 9.67. The van der Waals surface area contributed by atoms with Crippen LogP contribution in [0.1, 0.15) is 16.1 Å². The summed E-state index contributed by atoms with van der Waals surface area (Å²) in [5, 5.41) is 4.66. The lowest BCUT2D eigenvalue weighted by Gasteiger charge is -2.34. The lowest BCUT2D eigenvalue weighted by molar-refractivity contribution is -0.117. The molecule has 156 valence electrons. The summed E-state index contributed by atoms with van der Waals surface area (Å²) in [4.78, 5) is 29.1. The number of hydrogen-bond acceptors (Lipinski definition) is 4. The number of carbonyl (C=O) groups is 2. The average molecular weight is 446 g/mol. The maximum atomic E-state index is 13.0. The van der Waals surface area contributed by atoms with E-state index >= 15 is 0 Å². The number of carbonyl (C=O) groups excluding carboxylic acids is 2. The zero-order chi connectivity index (χ0) is 21.3. The van der Waals surface area contributed by atoms with Crippen molar-refractivity contribution in [1.29, 1.82) is 0 Å². The van der Waals surface area contributed by atoms with E-state index in [1.807, 2.05) is 36.1 Å². The molecule has 1 N–H and O–H groups in total. The van der Waals surface area contributed by atoms with Crippen molar-refractivity contribution in [2.45, 2.75) is 6.92 Å². The molecule has 30 heavy (non-hydrogen) atoms. The van der Waals surface area contributed by atoms with E-state index in [0.29, 0.717) is 53.3 Å². The smallest absolute Gasteiger partial charge is 0.289 e. The highest BCUT2D eigenvalue weighted by Gasteiger charge is 2.27. The van der Waals surface area contributed by atoms with Gasteiger partial charge < -0.3 is 14.6 Å². The Balaban J connectivity index is 1.36. The van der Waals surface area contributed by atoms with Gasteiger partial charge in [0.1, 0.15) is 0 Å². The van der Waals surface area contributed by atoms with Gasteiger partial charge >= 0.3 is 0 Å². The summed E-state index contributed by atoms with van der Waals surface area (Å²) >= 11 is 12.3. The molecule has 4 rings (SSSR count). The molecule has 1 aromatic heterocycles. The maximum Gasteiger partial charge on any atom is 0.289 e. The molecule has 0 radical (unpaired) electrons. The number of nitrogens with zero attached hydrogens (tertiary/aromatic N) is 2. The van der Waals surface area contributed by atoms with Crippen LogP contribution in [0.5, 0.6) is 0 Å². The van der Waals surface area contributed by atoms with E-state index in [2.05, 4.69) is 5.32 Å². The summed E-state index contributed by atoms with van der Waals surface area (Å²) in [5.74, 6) is 0.0357. The van der Waals surface area contributed by atoms with Gasteiger partial charge in [-0.25, -0.2) is 0 Å². The standard InChI is InChI=1S/C22H21Cl2N3O3/c1-14-15-5-4-7-17(24)21(15)30-20(14)22(29)27-11-9-26(10-12-27)13-19(28)25-18-8-3-2-6-16(18)23/h2-8H,9-13H2,1H3,(H,25,28). The minimum atomic E-state index is -0.153. The summed E-state index contributed by atoms with van der Waals surface area (Å²) < 4.78 is 5.80. The third-order valence-corrected chi connectivity index (χ3v) is 5.91. The van der Waals surface area contributed by atoms with Gasteiger partial charge in [0.25, 0.3) is 5.91 Å². The number of rotatable bonds is 4. The SMILES string of the molecule is Cc1c(C(=O)N2CCN(CC(=O)Nc3ccccc3Cl)CC2)oc2c(Cl)cccc12. The molecule has 2 heterocycles. The quantitative estimate of drug-likeness (QED) is 0.644. The predicted molar refractivity (Wildman–Crippen MR) is 118 cm³/mol. The predicted octanol–water partition coefficient (Wildman–Crippen LogP) is 4.44. The number of furan rings is 1. The first-order valence-corrected chi connectivity index (χ1v) is 10.4. The summed E-state index contributed by atoms with van der Waals surface area (Å²) in [6.07, 6.45) is 0. The lowest BCUT2D eigenvalue weighted by atomic mass is 10.1. The van der Waals surface area contributed by atoms with Gasteiger partial charge in [0.2, 0.25) is 5.91 Å². The van der Waals surface area contributed by atoms with Crippen molar-refractivity contribution in [3.05, 3.63) is 63.8 Å². The molecule has 1 aliphatic rings. The van der Waals surface area contributed by atoms with Crippen molar-refractivity contribution in [2.24, 2.45) is 0 Å². The van der Waals surface area contributed by atoms with E-state index in [1.54, 1.807) is 23.1 Å². The second kappa shape index (κ2) is 8.68. The number of fused-ring (bicyclic) bond motifs is 1. The molecule has 0 aliphatic carbocycles. The number of hydrogen-bond donors (Lipinski definition) is 1. The minimum Gasteiger partial charge on any atom is -0.449 e. The molecule has 8 heteroatoms. The minimum absolute atomic E-state index is 0.134. The molecular formula is C22H21Cl2N3O3. The van der Waals surface area contributed by atoms with Crippen molar-refractivity contribution in [1.82, 2.24) is 9.80 Å². The molecule has 1 aliphatic heterocycles. The number of benzene rings is 2. The number of nitrogens with one attached hydrogen (secondary N) is 1. The van der Waals surface area contributed by atoms with E-state index in [-0.39, 0.29) is 18.4 Å². The highest BCUT2D eigenvalue weighted by Crippen LogP contribution is 2.31. The number of anilines is 1. The molecule has 2 amide bonds. The Kier molecular flexibility index (Phi) is 5.99. The molecule has 6 nitrogen and oxygen atoms in total. The molecular weight excluding hydrogens is 425 g/mol. The van der Waals surface area contributed by atoms with E-state index in [4.69, 9.17) is 27.6 Å². The Bertz CT molecular complexity index is 1100. The topological polar surface area (TPSA) is 65.8 Å². The molecule has 0 saturated carbocycles. The Morgan fingerprint density at radius 1 is 1.00 bits per heavy atom. The Morgan fingerprint density at radius 3 is 2.40 bits per heavy atom. The highest BCUT2D eigenvalue weighted by atomic mass is 35.5. The fourth-order valence-corrected chi connectivity index (χ4v) is 4.02. The zero-order valence-electron chi connectivity index (χ0n) is 16.5. The zero-order valence-corrected chi connectivity index (χ0v) is 18.0. The van der Waals surface area contributed by atoms with Crippen molar-refractivity contribution in [2.75, 3.05) is 38.0 Å². The molecule has 1 saturated heterocycles. The van der Waals surface area contributed by atoms with Crippen molar-refractivity contribution in [3.8, 4) is 0 Å². The Morgan fingerprint density at radius 2 is 1.70 bits per heavy atom. The van der Waals surface area contributed by atoms with Crippen LogP contribution in [0.3, 0.4) is 0 Å². The van der Waals surface area contributed by atoms with Gasteiger partial charge in [0, 0.05) is 37.1 Å². The van der Waals surface area contributed by atoms with E-state index < -0.39 is 0 Å². The van der Waals surface area contributed by atoms with Gasteiger partial charge in [-0.05, 0) is 25.1 Å². The molecule has 2 aromatic carbocycles. The normalized spacial score (nSPS) is 14.8. The van der Waals surface area contributed by atoms with Crippen molar-refractivity contribution in [3.63, 3.8) is 0 Å². The van der Waals surface area contributed by atoms with Gasteiger partial charge in [0.05, 0.1) is 22.3 Å². The molecule has 1 fully saturated rings. The van der Waals surface area contributed by atoms with Crippen LogP contribution in [0.2, 0.25) is 10.0 Å². The monoisotopic (exact) mass is 445 g/mol. The second-order valence-corrected chi connectivity index (χ2v) is 8.08. The van der Waals surface area contributed by atoms with E-state index in [1.165, 1.54) is 0 Å². The Labute approximate surface area is 184 Å². The number of amides is 2. The van der Waals surface area contributed by atoms with Gasteiger partial charge in [-0.2, -0.15) is 0 Å². The molecule has 0 unspecified atom stereocenters.